The van der Waals surface area contributed by atoms with Crippen LogP contribution in [0, 0.1) is 0 Å². The van der Waals surface area contributed by atoms with E-state index in [9.17, 15) is 9.59 Å². The van der Waals surface area contributed by atoms with Gasteiger partial charge in [-0.25, -0.2) is 4.98 Å². The van der Waals surface area contributed by atoms with Crippen LogP contribution in [0.3, 0.4) is 0 Å². The molecule has 0 aliphatic carbocycles. The first-order valence-corrected chi connectivity index (χ1v) is 8.32. The van der Waals surface area contributed by atoms with Gasteiger partial charge in [-0.2, -0.15) is 5.10 Å². The maximum Gasteiger partial charge on any atom is 0.309 e. The smallest absolute Gasteiger partial charge is 0.309 e. The third-order valence-corrected chi connectivity index (χ3v) is 3.73. The van der Waals surface area contributed by atoms with E-state index in [1.165, 1.54) is 6.33 Å². The number of aromatic nitrogens is 3. The standard InChI is InChI=1S/C16H18BrN3O4/c1-2-23-16(22)9-13(11-3-5-12(17)6-4-11)24-15(21)8-7-14-18-10-19-20-14/h3-6,10,13H,2,7-9H2,1H3,(H,18,19,20)/t13-/m1/s1. The number of aryl methyl sites for hydroxylation is 1. The molecular formula is C16H18BrN3O4. The number of H-pyrrole nitrogens is 1. The van der Waals surface area contributed by atoms with Crippen molar-refractivity contribution in [1.29, 1.82) is 0 Å². The van der Waals surface area contributed by atoms with E-state index < -0.39 is 18.0 Å². The van der Waals surface area contributed by atoms with Crippen molar-refractivity contribution < 1.29 is 19.1 Å². The Morgan fingerprint density at radius 2 is 2.00 bits per heavy atom. The zero-order valence-electron chi connectivity index (χ0n) is 13.2. The van der Waals surface area contributed by atoms with Crippen molar-refractivity contribution in [3.05, 3.63) is 46.5 Å². The molecule has 1 atom stereocenters. The van der Waals surface area contributed by atoms with E-state index in [4.69, 9.17) is 9.47 Å². The number of halogens is 1. The van der Waals surface area contributed by atoms with E-state index in [0.29, 0.717) is 12.2 Å². The van der Waals surface area contributed by atoms with E-state index >= 15 is 0 Å². The minimum atomic E-state index is -0.681. The fourth-order valence-corrected chi connectivity index (χ4v) is 2.33. The van der Waals surface area contributed by atoms with Gasteiger partial charge in [-0.05, 0) is 24.6 Å². The van der Waals surface area contributed by atoms with E-state index in [-0.39, 0.29) is 19.4 Å². The maximum atomic E-state index is 12.1. The molecule has 0 bridgehead atoms. The van der Waals surface area contributed by atoms with Crippen LogP contribution in [0.15, 0.2) is 35.1 Å². The van der Waals surface area contributed by atoms with Crippen LogP contribution >= 0.6 is 15.9 Å². The summed E-state index contributed by atoms with van der Waals surface area (Å²) in [6.45, 7) is 2.02. The molecule has 0 spiro atoms. The Hall–Kier alpha value is -2.22. The number of nitrogens with one attached hydrogen (secondary N) is 1. The number of rotatable bonds is 8. The van der Waals surface area contributed by atoms with E-state index in [2.05, 4.69) is 31.1 Å². The second-order valence-corrected chi connectivity index (χ2v) is 5.89. The van der Waals surface area contributed by atoms with Crippen LogP contribution in [0.25, 0.3) is 0 Å². The molecule has 0 aliphatic rings. The molecule has 0 fully saturated rings. The second kappa shape index (κ2) is 9.17. The van der Waals surface area contributed by atoms with Gasteiger partial charge in [0.2, 0.25) is 0 Å². The summed E-state index contributed by atoms with van der Waals surface area (Å²) in [5, 5.41) is 6.41. The van der Waals surface area contributed by atoms with Gasteiger partial charge >= 0.3 is 11.9 Å². The van der Waals surface area contributed by atoms with E-state index in [1.807, 2.05) is 12.1 Å². The second-order valence-electron chi connectivity index (χ2n) is 4.97. The van der Waals surface area contributed by atoms with Crippen LogP contribution in [0.1, 0.15) is 37.3 Å². The molecule has 128 valence electrons. The summed E-state index contributed by atoms with van der Waals surface area (Å²) in [6, 6.07) is 7.26. The van der Waals surface area contributed by atoms with Crippen molar-refractivity contribution in [3.63, 3.8) is 0 Å². The summed E-state index contributed by atoms with van der Waals surface area (Å²) >= 11 is 3.35. The molecule has 24 heavy (non-hydrogen) atoms. The topological polar surface area (TPSA) is 94.2 Å². The van der Waals surface area contributed by atoms with Gasteiger partial charge in [-0.15, -0.1) is 0 Å². The Morgan fingerprint density at radius 1 is 1.25 bits per heavy atom. The van der Waals surface area contributed by atoms with Crippen molar-refractivity contribution in [2.24, 2.45) is 0 Å². The highest BCUT2D eigenvalue weighted by atomic mass is 79.9. The summed E-state index contributed by atoms with van der Waals surface area (Å²) in [4.78, 5) is 27.8. The fraction of sp³-hybridized carbons (Fsp3) is 0.375. The minimum absolute atomic E-state index is 0.0243. The Kier molecular flexibility index (Phi) is 6.92. The number of carbonyl (C=O) groups excluding carboxylic acids is 2. The van der Waals surface area contributed by atoms with Gasteiger partial charge in [-0.1, -0.05) is 28.1 Å². The van der Waals surface area contributed by atoms with Crippen molar-refractivity contribution in [1.82, 2.24) is 15.2 Å². The van der Waals surface area contributed by atoms with Crippen molar-refractivity contribution in [2.75, 3.05) is 6.61 Å². The van der Waals surface area contributed by atoms with Gasteiger partial charge < -0.3 is 9.47 Å². The number of aromatic amines is 1. The maximum absolute atomic E-state index is 12.1. The zero-order valence-corrected chi connectivity index (χ0v) is 14.8. The van der Waals surface area contributed by atoms with Crippen LogP contribution in [0.5, 0.6) is 0 Å². The molecule has 1 N–H and O–H groups in total. The van der Waals surface area contributed by atoms with Gasteiger partial charge in [0.1, 0.15) is 18.3 Å². The van der Waals surface area contributed by atoms with Crippen LogP contribution in [-0.4, -0.2) is 33.7 Å². The molecule has 1 aromatic carbocycles. The summed E-state index contributed by atoms with van der Waals surface area (Å²) in [5.41, 5.74) is 0.735. The predicted octanol–water partition coefficient (Wildman–Crippen LogP) is 2.74. The normalized spacial score (nSPS) is 11.8. The molecular weight excluding hydrogens is 378 g/mol. The number of nitrogens with zero attached hydrogens (tertiary/aromatic N) is 2. The molecule has 0 unspecified atom stereocenters. The molecule has 0 saturated heterocycles. The lowest BCUT2D eigenvalue weighted by atomic mass is 10.1. The first-order valence-electron chi connectivity index (χ1n) is 7.53. The third kappa shape index (κ3) is 5.77. The van der Waals surface area contributed by atoms with Crippen molar-refractivity contribution >= 4 is 27.9 Å². The summed E-state index contributed by atoms with van der Waals surface area (Å²) in [7, 11) is 0. The highest BCUT2D eigenvalue weighted by molar-refractivity contribution is 9.10. The van der Waals surface area contributed by atoms with Gasteiger partial charge in [-0.3, -0.25) is 14.7 Å². The Labute approximate surface area is 147 Å². The lowest BCUT2D eigenvalue weighted by Crippen LogP contribution is -2.17. The molecule has 2 rings (SSSR count). The Morgan fingerprint density at radius 3 is 2.62 bits per heavy atom. The summed E-state index contributed by atoms with van der Waals surface area (Å²) in [6.07, 6.45) is 1.21. The molecule has 1 aromatic heterocycles. The average Bonchev–Trinajstić information content (AvgIpc) is 3.07. The SMILES string of the molecule is CCOC(=O)C[C@@H](OC(=O)CCc1ncn[nH]1)c1ccc(Br)cc1. The molecule has 2 aromatic rings. The first kappa shape index (κ1) is 18.1. The van der Waals surface area contributed by atoms with Crippen LogP contribution < -0.4 is 0 Å². The van der Waals surface area contributed by atoms with Gasteiger partial charge in [0.15, 0.2) is 0 Å². The molecule has 1 heterocycles. The van der Waals surface area contributed by atoms with Crippen molar-refractivity contribution in [2.45, 2.75) is 32.3 Å². The fourth-order valence-electron chi connectivity index (χ4n) is 2.07. The number of ether oxygens (including phenoxy) is 2. The van der Waals surface area contributed by atoms with Crippen LogP contribution in [0.2, 0.25) is 0 Å². The average molecular weight is 396 g/mol. The third-order valence-electron chi connectivity index (χ3n) is 3.20. The summed E-state index contributed by atoms with van der Waals surface area (Å²) in [5.74, 6) is -0.213. The lowest BCUT2D eigenvalue weighted by Gasteiger charge is -2.17. The highest BCUT2D eigenvalue weighted by Crippen LogP contribution is 2.24. The number of hydrogen-bond donors (Lipinski definition) is 1. The zero-order chi connectivity index (χ0) is 17.4. The Balaban J connectivity index is 1.99. The monoisotopic (exact) mass is 395 g/mol. The van der Waals surface area contributed by atoms with Gasteiger partial charge in [0.05, 0.1) is 19.4 Å². The van der Waals surface area contributed by atoms with Gasteiger partial charge in [0, 0.05) is 10.9 Å². The number of hydrogen-bond acceptors (Lipinski definition) is 6. The molecule has 0 radical (unpaired) electrons. The van der Waals surface area contributed by atoms with E-state index in [1.54, 1.807) is 19.1 Å². The molecule has 0 saturated carbocycles. The summed E-state index contributed by atoms with van der Waals surface area (Å²) < 4.78 is 11.3. The number of carbonyl (C=O) groups is 2. The molecule has 7 nitrogen and oxygen atoms in total. The van der Waals surface area contributed by atoms with Crippen LogP contribution in [0.4, 0.5) is 0 Å². The lowest BCUT2D eigenvalue weighted by molar-refractivity contribution is -0.155. The molecule has 0 amide bonds. The highest BCUT2D eigenvalue weighted by Gasteiger charge is 2.21. The van der Waals surface area contributed by atoms with E-state index in [0.717, 1.165) is 10.0 Å². The minimum Gasteiger partial charge on any atom is -0.466 e. The first-order chi connectivity index (χ1) is 11.6. The largest absolute Gasteiger partial charge is 0.466 e. The quantitative estimate of drug-likeness (QED) is 0.690. The Bertz CT molecular complexity index is 658. The number of esters is 2. The van der Waals surface area contributed by atoms with Crippen molar-refractivity contribution in [3.8, 4) is 0 Å². The van der Waals surface area contributed by atoms with Crippen LogP contribution in [-0.2, 0) is 25.5 Å². The molecule has 0 aliphatic heterocycles. The van der Waals surface area contributed by atoms with Gasteiger partial charge in [0.25, 0.3) is 0 Å². The number of benzene rings is 1. The predicted molar refractivity (Wildman–Crippen MR) is 88.9 cm³/mol. The molecule has 8 heteroatoms.